The normalized spacial score (nSPS) is 22.3. The molecule has 3 aromatic rings. The van der Waals surface area contributed by atoms with Gasteiger partial charge in [0.15, 0.2) is 16.5 Å². The average Bonchev–Trinajstić information content (AvgIpc) is 3.71. The third kappa shape index (κ3) is 4.46. The van der Waals surface area contributed by atoms with Crippen molar-refractivity contribution in [3.63, 3.8) is 0 Å². The van der Waals surface area contributed by atoms with Crippen LogP contribution in [0.15, 0.2) is 29.2 Å². The Balaban J connectivity index is 1.30. The number of carbonyl (C=O) groups is 2. The molecule has 216 valence electrons. The van der Waals surface area contributed by atoms with Crippen LogP contribution in [0.5, 0.6) is 5.75 Å². The molecule has 2 fully saturated rings. The van der Waals surface area contributed by atoms with Gasteiger partial charge in [-0.15, -0.1) is 10.2 Å². The van der Waals surface area contributed by atoms with Crippen molar-refractivity contribution in [1.29, 1.82) is 0 Å². The summed E-state index contributed by atoms with van der Waals surface area (Å²) < 4.78 is 29.0. The molecule has 41 heavy (non-hydrogen) atoms. The lowest BCUT2D eigenvalue weighted by atomic mass is 9.79. The van der Waals surface area contributed by atoms with Gasteiger partial charge in [0.1, 0.15) is 22.3 Å². The molecule has 0 unspecified atom stereocenters. The molecule has 13 heteroatoms. The van der Waals surface area contributed by atoms with Gasteiger partial charge in [-0.25, -0.2) is 8.78 Å². The lowest BCUT2D eigenvalue weighted by Gasteiger charge is -2.55. The highest BCUT2D eigenvalue weighted by molar-refractivity contribution is 7.14. The minimum Gasteiger partial charge on any atom is -0.502 e. The molecular formula is C28H30F2N6O4S. The first-order valence-electron chi connectivity index (χ1n) is 13.6. The number of pyridine rings is 1. The molecule has 0 saturated heterocycles. The van der Waals surface area contributed by atoms with E-state index in [4.69, 9.17) is 0 Å². The van der Waals surface area contributed by atoms with Crippen molar-refractivity contribution in [2.45, 2.75) is 56.7 Å². The summed E-state index contributed by atoms with van der Waals surface area (Å²) in [5.41, 5.74) is -1.41. The third-order valence-electron chi connectivity index (χ3n) is 8.85. The molecule has 2 aliphatic carbocycles. The molecular weight excluding hydrogens is 554 g/mol. The fraction of sp³-hybridized carbons (Fsp3) is 0.464. The smallest absolute Gasteiger partial charge is 0.278 e. The second-order valence-corrected chi connectivity index (χ2v) is 12.2. The van der Waals surface area contributed by atoms with E-state index in [2.05, 4.69) is 10.2 Å². The average molecular weight is 585 g/mol. The Morgan fingerprint density at radius 2 is 1.85 bits per heavy atom. The molecule has 3 heterocycles. The maximum atomic E-state index is 14.2. The van der Waals surface area contributed by atoms with Gasteiger partial charge in [-0.2, -0.15) is 0 Å². The Labute approximate surface area is 238 Å². The van der Waals surface area contributed by atoms with Crippen molar-refractivity contribution in [2.24, 2.45) is 5.92 Å². The number of hydrogen-bond donors (Lipinski definition) is 1. The molecule has 3 aliphatic rings. The van der Waals surface area contributed by atoms with Crippen molar-refractivity contribution < 1.29 is 23.5 Å². The van der Waals surface area contributed by atoms with Gasteiger partial charge in [-0.05, 0) is 50.2 Å². The molecule has 0 radical (unpaired) electrons. The zero-order chi connectivity index (χ0) is 29.2. The summed E-state index contributed by atoms with van der Waals surface area (Å²) in [4.78, 5) is 43.2. The second kappa shape index (κ2) is 9.89. The summed E-state index contributed by atoms with van der Waals surface area (Å²) in [7, 11) is 5.31. The number of benzene rings is 1. The molecule has 2 aromatic heterocycles. The van der Waals surface area contributed by atoms with Gasteiger partial charge in [-0.3, -0.25) is 24.1 Å². The molecule has 2 amide bonds. The van der Waals surface area contributed by atoms with Crippen LogP contribution in [0.3, 0.4) is 0 Å². The number of aromatic hydroxyl groups is 1. The Morgan fingerprint density at radius 3 is 2.51 bits per heavy atom. The summed E-state index contributed by atoms with van der Waals surface area (Å²) in [6, 6.07) is 3.61. The summed E-state index contributed by atoms with van der Waals surface area (Å²) in [5, 5.41) is 21.5. The molecule has 6 rings (SSSR count). The van der Waals surface area contributed by atoms with E-state index in [1.807, 2.05) is 17.0 Å². The molecule has 1 aromatic carbocycles. The Kier molecular flexibility index (Phi) is 6.59. The van der Waals surface area contributed by atoms with Gasteiger partial charge < -0.3 is 14.9 Å². The maximum Gasteiger partial charge on any atom is 0.278 e. The topological polar surface area (TPSA) is 112 Å². The first-order chi connectivity index (χ1) is 19.5. The van der Waals surface area contributed by atoms with Gasteiger partial charge in [0.05, 0.1) is 5.56 Å². The monoisotopic (exact) mass is 584 g/mol. The van der Waals surface area contributed by atoms with Gasteiger partial charge in [0.2, 0.25) is 11.3 Å². The predicted octanol–water partition coefficient (Wildman–Crippen LogP) is 3.10. The number of carbonyl (C=O) groups excluding carboxylic acids is 2. The van der Waals surface area contributed by atoms with Crippen molar-refractivity contribution in [2.75, 3.05) is 26.2 Å². The third-order valence-corrected chi connectivity index (χ3v) is 9.81. The summed E-state index contributed by atoms with van der Waals surface area (Å²) in [6.45, 7) is 0. The van der Waals surface area contributed by atoms with E-state index in [0.29, 0.717) is 36.7 Å². The highest BCUT2D eigenvalue weighted by Crippen LogP contribution is 2.43. The van der Waals surface area contributed by atoms with Crippen LogP contribution in [-0.2, 0) is 11.2 Å². The number of nitrogens with zero attached hydrogens (tertiary/aromatic N) is 6. The van der Waals surface area contributed by atoms with Crippen molar-refractivity contribution in [1.82, 2.24) is 24.7 Å². The minimum atomic E-state index is -0.768. The number of aromatic nitrogens is 3. The molecule has 1 N–H and O–H groups in total. The Bertz CT molecular complexity index is 1610. The van der Waals surface area contributed by atoms with E-state index in [9.17, 15) is 28.3 Å². The highest BCUT2D eigenvalue weighted by Gasteiger charge is 2.51. The first kappa shape index (κ1) is 27.3. The van der Waals surface area contributed by atoms with Gasteiger partial charge in [-0.1, -0.05) is 17.4 Å². The van der Waals surface area contributed by atoms with Crippen LogP contribution >= 0.6 is 11.3 Å². The van der Waals surface area contributed by atoms with Crippen LogP contribution in [0.4, 0.5) is 8.78 Å². The van der Waals surface area contributed by atoms with Crippen molar-refractivity contribution in [3.05, 3.63) is 62.5 Å². The van der Waals surface area contributed by atoms with Crippen LogP contribution in [0.1, 0.15) is 59.6 Å². The largest absolute Gasteiger partial charge is 0.502 e. The fourth-order valence-electron chi connectivity index (χ4n) is 6.12. The summed E-state index contributed by atoms with van der Waals surface area (Å²) >= 11 is 1.05. The highest BCUT2D eigenvalue weighted by atomic mass is 32.1. The number of rotatable bonds is 5. The number of hydrogen-bond acceptors (Lipinski definition) is 8. The zero-order valence-electron chi connectivity index (χ0n) is 22.9. The standard InChI is InChI=1S/C28H30F2N6O4S/c1-33(18-6-7-18)26(39)15-8-10-28(11-9-15)34(2)27(40)22-24(38)23(37)19(14-36(22)35(28)3)25-32-31-21(41-25)12-16-4-5-17(29)13-20(16)30/h4-5,13-15,18,38H,6-12H2,1-3H3. The molecule has 2 saturated carbocycles. The molecule has 10 nitrogen and oxygen atoms in total. The minimum absolute atomic E-state index is 0.0452. The van der Waals surface area contributed by atoms with Crippen LogP contribution in [0.25, 0.3) is 10.6 Å². The van der Waals surface area contributed by atoms with Crippen LogP contribution in [-0.4, -0.2) is 74.4 Å². The van der Waals surface area contributed by atoms with E-state index < -0.39 is 34.4 Å². The van der Waals surface area contributed by atoms with Crippen LogP contribution in [0, 0.1) is 17.6 Å². The molecule has 1 aliphatic heterocycles. The Hall–Kier alpha value is -3.87. The van der Waals surface area contributed by atoms with Crippen molar-refractivity contribution in [3.8, 4) is 16.3 Å². The van der Waals surface area contributed by atoms with Gasteiger partial charge in [0.25, 0.3) is 5.91 Å². The molecule has 0 bridgehead atoms. The molecule has 0 atom stereocenters. The first-order valence-corrected chi connectivity index (χ1v) is 14.4. The van der Waals surface area contributed by atoms with E-state index in [0.717, 1.165) is 36.3 Å². The van der Waals surface area contributed by atoms with Gasteiger partial charge >= 0.3 is 0 Å². The Morgan fingerprint density at radius 1 is 1.15 bits per heavy atom. The van der Waals surface area contributed by atoms with E-state index >= 15 is 0 Å². The predicted molar refractivity (Wildman–Crippen MR) is 147 cm³/mol. The van der Waals surface area contributed by atoms with E-state index in [1.165, 1.54) is 16.9 Å². The number of amides is 2. The molecule has 1 spiro atoms. The van der Waals surface area contributed by atoms with Crippen LogP contribution < -0.4 is 10.4 Å². The second-order valence-electron chi connectivity index (χ2n) is 11.2. The van der Waals surface area contributed by atoms with Gasteiger partial charge in [0, 0.05) is 51.8 Å². The fourth-order valence-corrected chi connectivity index (χ4v) is 6.99. The summed E-state index contributed by atoms with van der Waals surface area (Å²) in [6.07, 6.45) is 5.88. The lowest BCUT2D eigenvalue weighted by molar-refractivity contribution is -0.136. The number of halogens is 2. The van der Waals surface area contributed by atoms with Crippen LogP contribution in [0.2, 0.25) is 0 Å². The van der Waals surface area contributed by atoms with E-state index in [-0.39, 0.29) is 40.1 Å². The maximum absolute atomic E-state index is 14.2. The zero-order valence-corrected chi connectivity index (χ0v) is 23.7. The quantitative estimate of drug-likeness (QED) is 0.491. The summed E-state index contributed by atoms with van der Waals surface area (Å²) in [5.74, 6) is -2.56. The van der Waals surface area contributed by atoms with E-state index in [1.54, 1.807) is 19.0 Å². The lowest BCUT2D eigenvalue weighted by Crippen LogP contribution is -2.69. The SMILES string of the molecule is CN(C(=O)C1CCC2(CC1)N(C)C(=O)c1c(O)c(=O)c(-c3nnc(Cc4ccc(F)cc4F)s3)cn1N2C)C1CC1. The number of fused-ring (bicyclic) bond motifs is 1. The van der Waals surface area contributed by atoms with Crippen molar-refractivity contribution >= 4 is 23.2 Å².